The summed E-state index contributed by atoms with van der Waals surface area (Å²) in [5.41, 5.74) is 0.0379. The fourth-order valence-electron chi connectivity index (χ4n) is 1.56. The van der Waals surface area contributed by atoms with E-state index in [0.717, 1.165) is 17.1 Å². The lowest BCUT2D eigenvalue weighted by Crippen LogP contribution is -2.21. The van der Waals surface area contributed by atoms with Crippen molar-refractivity contribution >= 4 is 0 Å². The Kier molecular flexibility index (Phi) is 2.76. The van der Waals surface area contributed by atoms with Gasteiger partial charge in [-0.2, -0.15) is 0 Å². The van der Waals surface area contributed by atoms with Crippen LogP contribution in [0.1, 0.15) is 18.9 Å². The third-order valence-electron chi connectivity index (χ3n) is 2.65. The van der Waals surface area contributed by atoms with Gasteiger partial charge in [-0.15, -0.1) is 6.42 Å². The molecule has 1 aromatic carbocycles. The monoisotopic (exact) mass is 218 g/mol. The van der Waals surface area contributed by atoms with Gasteiger partial charge in [0.15, 0.2) is 11.5 Å². The lowest BCUT2D eigenvalue weighted by molar-refractivity contribution is 0.113. The lowest BCUT2D eigenvalue weighted by atomic mass is 9.97. The summed E-state index contributed by atoms with van der Waals surface area (Å²) >= 11 is 0. The highest BCUT2D eigenvalue weighted by Crippen LogP contribution is 2.33. The molecule has 0 saturated carbocycles. The second-order valence-electron chi connectivity index (χ2n) is 4.11. The zero-order chi connectivity index (χ0) is 11.6. The van der Waals surface area contributed by atoms with Crippen LogP contribution >= 0.6 is 0 Å². The maximum atomic E-state index is 9.69. The van der Waals surface area contributed by atoms with Crippen LogP contribution in [0.4, 0.5) is 0 Å². The Balaban J connectivity index is 2.04. The molecule has 16 heavy (non-hydrogen) atoms. The molecule has 1 atom stereocenters. The van der Waals surface area contributed by atoms with Gasteiger partial charge in [-0.1, -0.05) is 12.0 Å². The first-order chi connectivity index (χ1) is 7.61. The number of terminal acetylenes is 1. The first-order valence-electron chi connectivity index (χ1n) is 5.19. The summed E-state index contributed by atoms with van der Waals surface area (Å²) in [5.74, 6) is 3.90. The SMILES string of the molecule is C#C[C@@](C)(O)CCc1ccc2c(c1)OCO2. The number of rotatable bonds is 3. The van der Waals surface area contributed by atoms with E-state index in [1.54, 1.807) is 6.92 Å². The second kappa shape index (κ2) is 4.07. The predicted octanol–water partition coefficient (Wildman–Crippen LogP) is 1.73. The van der Waals surface area contributed by atoms with Crippen LogP contribution < -0.4 is 9.47 Å². The van der Waals surface area contributed by atoms with Crippen LogP contribution in [0.25, 0.3) is 0 Å². The third kappa shape index (κ3) is 2.29. The van der Waals surface area contributed by atoms with E-state index in [4.69, 9.17) is 15.9 Å². The highest BCUT2D eigenvalue weighted by molar-refractivity contribution is 5.44. The van der Waals surface area contributed by atoms with Crippen molar-refractivity contribution in [1.82, 2.24) is 0 Å². The molecule has 84 valence electrons. The van der Waals surface area contributed by atoms with Gasteiger partial charge in [0.2, 0.25) is 6.79 Å². The van der Waals surface area contributed by atoms with Crippen molar-refractivity contribution in [2.45, 2.75) is 25.4 Å². The molecule has 0 spiro atoms. The summed E-state index contributed by atoms with van der Waals surface area (Å²) in [7, 11) is 0. The van der Waals surface area contributed by atoms with Crippen molar-refractivity contribution in [2.24, 2.45) is 0 Å². The topological polar surface area (TPSA) is 38.7 Å². The molecule has 0 radical (unpaired) electrons. The average Bonchev–Trinajstić information content (AvgIpc) is 2.73. The van der Waals surface area contributed by atoms with Crippen LogP contribution in [0.5, 0.6) is 11.5 Å². The average molecular weight is 218 g/mol. The molecular formula is C13H14O3. The molecule has 1 heterocycles. The van der Waals surface area contributed by atoms with Gasteiger partial charge in [-0.05, 0) is 37.5 Å². The van der Waals surface area contributed by atoms with Crippen LogP contribution in [0.2, 0.25) is 0 Å². The maximum Gasteiger partial charge on any atom is 0.231 e. The van der Waals surface area contributed by atoms with Crippen LogP contribution in [0.3, 0.4) is 0 Å². The molecule has 3 nitrogen and oxygen atoms in total. The van der Waals surface area contributed by atoms with Crippen molar-refractivity contribution in [3.8, 4) is 23.8 Å². The molecule has 0 saturated heterocycles. The minimum Gasteiger partial charge on any atom is -0.454 e. The molecule has 1 aliphatic rings. The molecular weight excluding hydrogens is 204 g/mol. The van der Waals surface area contributed by atoms with E-state index in [1.807, 2.05) is 18.2 Å². The summed E-state index contributed by atoms with van der Waals surface area (Å²) in [6.45, 7) is 1.92. The lowest BCUT2D eigenvalue weighted by Gasteiger charge is -2.15. The first-order valence-corrected chi connectivity index (χ1v) is 5.19. The fraction of sp³-hybridized carbons (Fsp3) is 0.385. The van der Waals surface area contributed by atoms with E-state index in [9.17, 15) is 5.11 Å². The van der Waals surface area contributed by atoms with E-state index < -0.39 is 5.60 Å². The summed E-state index contributed by atoms with van der Waals surface area (Å²) in [6, 6.07) is 5.76. The van der Waals surface area contributed by atoms with Crippen LogP contribution in [0.15, 0.2) is 18.2 Å². The van der Waals surface area contributed by atoms with Crippen molar-refractivity contribution < 1.29 is 14.6 Å². The Morgan fingerprint density at radius 2 is 2.19 bits per heavy atom. The van der Waals surface area contributed by atoms with Crippen molar-refractivity contribution in [2.75, 3.05) is 6.79 Å². The first kappa shape index (κ1) is 10.8. The van der Waals surface area contributed by atoms with E-state index in [2.05, 4.69) is 5.92 Å². The highest BCUT2D eigenvalue weighted by atomic mass is 16.7. The zero-order valence-electron chi connectivity index (χ0n) is 9.19. The number of ether oxygens (including phenoxy) is 2. The van der Waals surface area contributed by atoms with Gasteiger partial charge in [0.25, 0.3) is 0 Å². The number of aryl methyl sites for hydroxylation is 1. The Bertz CT molecular complexity index is 429. The predicted molar refractivity (Wildman–Crippen MR) is 60.3 cm³/mol. The zero-order valence-corrected chi connectivity index (χ0v) is 9.19. The fourth-order valence-corrected chi connectivity index (χ4v) is 1.56. The molecule has 1 N–H and O–H groups in total. The summed E-state index contributed by atoms with van der Waals surface area (Å²) < 4.78 is 10.5. The molecule has 3 heteroatoms. The van der Waals surface area contributed by atoms with E-state index in [0.29, 0.717) is 12.8 Å². The highest BCUT2D eigenvalue weighted by Gasteiger charge is 2.17. The smallest absolute Gasteiger partial charge is 0.231 e. The van der Waals surface area contributed by atoms with Crippen LogP contribution in [0, 0.1) is 12.3 Å². The number of hydrogen-bond donors (Lipinski definition) is 1. The summed E-state index contributed by atoms with van der Waals surface area (Å²) in [5, 5.41) is 9.69. The molecule has 1 aromatic rings. The third-order valence-corrected chi connectivity index (χ3v) is 2.65. The standard InChI is InChI=1S/C13H14O3/c1-3-13(2,14)7-6-10-4-5-11-12(8-10)16-9-15-11/h1,4-5,8,14H,6-7,9H2,2H3/t13-/m1/s1. The number of fused-ring (bicyclic) bond motifs is 1. The molecule has 0 aliphatic carbocycles. The number of aliphatic hydroxyl groups is 1. The van der Waals surface area contributed by atoms with E-state index in [-0.39, 0.29) is 6.79 Å². The quantitative estimate of drug-likeness (QED) is 0.785. The minimum atomic E-state index is -1.05. The van der Waals surface area contributed by atoms with Gasteiger partial charge in [0, 0.05) is 0 Å². The molecule has 0 fully saturated rings. The number of hydrogen-bond acceptors (Lipinski definition) is 3. The Morgan fingerprint density at radius 1 is 1.44 bits per heavy atom. The molecule has 0 bridgehead atoms. The molecule has 1 aliphatic heterocycles. The van der Waals surface area contributed by atoms with Crippen molar-refractivity contribution in [1.29, 1.82) is 0 Å². The molecule has 0 unspecified atom stereocenters. The van der Waals surface area contributed by atoms with Crippen LogP contribution in [-0.2, 0) is 6.42 Å². The Hall–Kier alpha value is -1.66. The molecule has 0 amide bonds. The summed E-state index contributed by atoms with van der Waals surface area (Å²) in [4.78, 5) is 0. The van der Waals surface area contributed by atoms with Gasteiger partial charge in [0.1, 0.15) is 5.60 Å². The Morgan fingerprint density at radius 3 is 2.94 bits per heavy atom. The van der Waals surface area contributed by atoms with Gasteiger partial charge in [-0.25, -0.2) is 0 Å². The van der Waals surface area contributed by atoms with E-state index in [1.165, 1.54) is 0 Å². The minimum absolute atomic E-state index is 0.279. The Labute approximate surface area is 95.0 Å². The normalized spacial score (nSPS) is 16.6. The number of benzene rings is 1. The van der Waals surface area contributed by atoms with Crippen molar-refractivity contribution in [3.63, 3.8) is 0 Å². The summed E-state index contributed by atoms with van der Waals surface area (Å²) in [6.07, 6.45) is 6.46. The van der Waals surface area contributed by atoms with Crippen molar-refractivity contribution in [3.05, 3.63) is 23.8 Å². The largest absolute Gasteiger partial charge is 0.454 e. The van der Waals surface area contributed by atoms with Gasteiger partial charge in [-0.3, -0.25) is 0 Å². The van der Waals surface area contributed by atoms with Gasteiger partial charge < -0.3 is 14.6 Å². The van der Waals surface area contributed by atoms with E-state index >= 15 is 0 Å². The molecule has 0 aromatic heterocycles. The maximum absolute atomic E-state index is 9.69. The van der Waals surface area contributed by atoms with Crippen LogP contribution in [-0.4, -0.2) is 17.5 Å². The molecule has 2 rings (SSSR count). The second-order valence-corrected chi connectivity index (χ2v) is 4.11. The van der Waals surface area contributed by atoms with Gasteiger partial charge in [0.05, 0.1) is 0 Å². The van der Waals surface area contributed by atoms with Gasteiger partial charge >= 0.3 is 0 Å².